The number of ether oxygens (including phenoxy) is 1. The summed E-state index contributed by atoms with van der Waals surface area (Å²) in [6.45, 7) is 5.75. The van der Waals surface area contributed by atoms with Crippen LogP contribution < -0.4 is 10.5 Å². The molecule has 1 unspecified atom stereocenters. The van der Waals surface area contributed by atoms with Gasteiger partial charge in [-0.2, -0.15) is 0 Å². The van der Waals surface area contributed by atoms with Gasteiger partial charge in [0.05, 0.1) is 0 Å². The lowest BCUT2D eigenvalue weighted by Gasteiger charge is -2.40. The molecule has 98 valence electrons. The van der Waals surface area contributed by atoms with Gasteiger partial charge in [0.1, 0.15) is 12.4 Å². The lowest BCUT2D eigenvalue weighted by molar-refractivity contribution is 0.0744. The van der Waals surface area contributed by atoms with E-state index in [4.69, 9.17) is 10.5 Å². The molecule has 3 heteroatoms. The zero-order valence-electron chi connectivity index (χ0n) is 11.1. The Balaban J connectivity index is 1.86. The van der Waals surface area contributed by atoms with Crippen LogP contribution in [-0.4, -0.2) is 30.1 Å². The van der Waals surface area contributed by atoms with E-state index < -0.39 is 0 Å². The summed E-state index contributed by atoms with van der Waals surface area (Å²) in [6.07, 6.45) is 2.65. The molecule has 1 saturated carbocycles. The van der Waals surface area contributed by atoms with Gasteiger partial charge in [-0.1, -0.05) is 18.2 Å². The average Bonchev–Trinajstić information content (AvgIpc) is 3.23. The van der Waals surface area contributed by atoms with Crippen molar-refractivity contribution in [2.45, 2.75) is 31.8 Å². The van der Waals surface area contributed by atoms with Gasteiger partial charge in [-0.05, 0) is 31.7 Å². The topological polar surface area (TPSA) is 38.5 Å². The van der Waals surface area contributed by atoms with E-state index in [9.17, 15) is 0 Å². The van der Waals surface area contributed by atoms with Crippen molar-refractivity contribution < 1.29 is 4.74 Å². The molecule has 0 aromatic heterocycles. The van der Waals surface area contributed by atoms with Crippen LogP contribution in [0.1, 0.15) is 25.3 Å². The fourth-order valence-electron chi connectivity index (χ4n) is 3.02. The molecule has 0 spiro atoms. The Morgan fingerprint density at radius 2 is 2.17 bits per heavy atom. The summed E-state index contributed by atoms with van der Waals surface area (Å²) >= 11 is 0. The first-order valence-corrected chi connectivity index (χ1v) is 6.90. The number of fused-ring (bicyclic) bond motifs is 1. The first-order chi connectivity index (χ1) is 8.74. The third-order valence-corrected chi connectivity index (χ3v) is 4.55. The van der Waals surface area contributed by atoms with Crippen LogP contribution in [0.5, 0.6) is 5.75 Å². The average molecular weight is 246 g/mol. The maximum absolute atomic E-state index is 6.07. The predicted octanol–water partition coefficient (Wildman–Crippen LogP) is 2.01. The van der Waals surface area contributed by atoms with Gasteiger partial charge in [-0.3, -0.25) is 4.90 Å². The van der Waals surface area contributed by atoms with E-state index in [1.807, 2.05) is 6.07 Å². The van der Waals surface area contributed by atoms with Gasteiger partial charge in [-0.25, -0.2) is 0 Å². The Morgan fingerprint density at radius 3 is 2.89 bits per heavy atom. The molecule has 0 saturated heterocycles. The van der Waals surface area contributed by atoms with Crippen LogP contribution in [0.2, 0.25) is 0 Å². The van der Waals surface area contributed by atoms with E-state index in [2.05, 4.69) is 30.0 Å². The molecule has 3 rings (SSSR count). The van der Waals surface area contributed by atoms with Crippen LogP contribution in [0.3, 0.4) is 0 Å². The van der Waals surface area contributed by atoms with Crippen molar-refractivity contribution in [2.75, 3.05) is 19.7 Å². The monoisotopic (exact) mass is 246 g/mol. The molecular weight excluding hydrogens is 224 g/mol. The summed E-state index contributed by atoms with van der Waals surface area (Å²) in [6, 6.07) is 8.35. The van der Waals surface area contributed by atoms with Crippen LogP contribution in [0, 0.1) is 5.92 Å². The quantitative estimate of drug-likeness (QED) is 0.886. The molecule has 0 amide bonds. The number of rotatable bonds is 3. The fourth-order valence-corrected chi connectivity index (χ4v) is 3.02. The summed E-state index contributed by atoms with van der Waals surface area (Å²) in [5.41, 5.74) is 7.49. The SMILES string of the molecule is CC(CN)(C1CC1)N1CCOc2ccccc2C1. The van der Waals surface area contributed by atoms with Crippen molar-refractivity contribution >= 4 is 0 Å². The molecule has 1 fully saturated rings. The van der Waals surface area contributed by atoms with Gasteiger partial charge in [0, 0.05) is 30.7 Å². The summed E-state index contributed by atoms with van der Waals surface area (Å²) in [5.74, 6) is 1.81. The molecule has 18 heavy (non-hydrogen) atoms. The van der Waals surface area contributed by atoms with E-state index >= 15 is 0 Å². The Kier molecular flexibility index (Phi) is 3.04. The zero-order chi connectivity index (χ0) is 12.6. The molecule has 1 heterocycles. The first kappa shape index (κ1) is 12.0. The van der Waals surface area contributed by atoms with Crippen molar-refractivity contribution in [1.82, 2.24) is 4.90 Å². The van der Waals surface area contributed by atoms with Crippen molar-refractivity contribution in [2.24, 2.45) is 11.7 Å². The molecule has 0 bridgehead atoms. The maximum Gasteiger partial charge on any atom is 0.123 e. The number of hydrogen-bond acceptors (Lipinski definition) is 3. The third-order valence-electron chi connectivity index (χ3n) is 4.55. The van der Waals surface area contributed by atoms with Gasteiger partial charge in [0.25, 0.3) is 0 Å². The summed E-state index contributed by atoms with van der Waals surface area (Å²) in [5, 5.41) is 0. The largest absolute Gasteiger partial charge is 0.492 e. The van der Waals surface area contributed by atoms with Gasteiger partial charge >= 0.3 is 0 Å². The Hall–Kier alpha value is -1.06. The van der Waals surface area contributed by atoms with Crippen molar-refractivity contribution in [3.63, 3.8) is 0 Å². The van der Waals surface area contributed by atoms with E-state index in [0.29, 0.717) is 0 Å². The molecule has 3 nitrogen and oxygen atoms in total. The van der Waals surface area contributed by atoms with Gasteiger partial charge < -0.3 is 10.5 Å². The standard InChI is InChI=1S/C15H22N2O/c1-15(11-16,13-6-7-13)17-8-9-18-14-5-3-2-4-12(14)10-17/h2-5,13H,6-11,16H2,1H3. The highest BCUT2D eigenvalue weighted by molar-refractivity contribution is 5.34. The Morgan fingerprint density at radius 1 is 1.39 bits per heavy atom. The molecule has 1 aliphatic heterocycles. The smallest absolute Gasteiger partial charge is 0.123 e. The van der Waals surface area contributed by atoms with Crippen LogP contribution >= 0.6 is 0 Å². The van der Waals surface area contributed by atoms with Crippen LogP contribution in [-0.2, 0) is 6.54 Å². The second-order valence-corrected chi connectivity index (χ2v) is 5.71. The fraction of sp³-hybridized carbons (Fsp3) is 0.600. The van der Waals surface area contributed by atoms with Gasteiger partial charge in [0.2, 0.25) is 0 Å². The number of nitrogens with zero attached hydrogens (tertiary/aromatic N) is 1. The van der Waals surface area contributed by atoms with Gasteiger partial charge in [-0.15, -0.1) is 0 Å². The minimum Gasteiger partial charge on any atom is -0.492 e. The second kappa shape index (κ2) is 4.56. The summed E-state index contributed by atoms with van der Waals surface area (Å²) in [4.78, 5) is 2.52. The third kappa shape index (κ3) is 2.02. The maximum atomic E-state index is 6.07. The van der Waals surface area contributed by atoms with Crippen LogP contribution in [0.15, 0.2) is 24.3 Å². The molecule has 0 radical (unpaired) electrons. The van der Waals surface area contributed by atoms with Crippen molar-refractivity contribution in [1.29, 1.82) is 0 Å². The van der Waals surface area contributed by atoms with Crippen molar-refractivity contribution in [3.8, 4) is 5.75 Å². The second-order valence-electron chi connectivity index (χ2n) is 5.71. The lowest BCUT2D eigenvalue weighted by Crippen LogP contribution is -2.53. The highest BCUT2D eigenvalue weighted by Gasteiger charge is 2.45. The Labute approximate surface area is 109 Å². The highest BCUT2D eigenvalue weighted by atomic mass is 16.5. The number of benzene rings is 1. The minimum absolute atomic E-state index is 0.140. The van der Waals surface area contributed by atoms with E-state index in [1.54, 1.807) is 0 Å². The lowest BCUT2D eigenvalue weighted by atomic mass is 9.92. The van der Waals surface area contributed by atoms with E-state index in [0.717, 1.165) is 37.9 Å². The minimum atomic E-state index is 0.140. The Bertz CT molecular complexity index is 430. The summed E-state index contributed by atoms with van der Waals surface area (Å²) in [7, 11) is 0. The molecule has 1 aromatic carbocycles. The number of hydrogen-bond donors (Lipinski definition) is 1. The molecule has 1 atom stereocenters. The molecular formula is C15H22N2O. The van der Waals surface area contributed by atoms with Crippen LogP contribution in [0.25, 0.3) is 0 Å². The zero-order valence-corrected chi connectivity index (χ0v) is 11.1. The highest BCUT2D eigenvalue weighted by Crippen LogP contribution is 2.43. The molecule has 2 N–H and O–H groups in total. The molecule has 2 aliphatic rings. The van der Waals surface area contributed by atoms with E-state index in [-0.39, 0.29) is 5.54 Å². The number of nitrogens with two attached hydrogens (primary N) is 1. The van der Waals surface area contributed by atoms with Crippen LogP contribution in [0.4, 0.5) is 0 Å². The normalized spacial score (nSPS) is 23.7. The summed E-state index contributed by atoms with van der Waals surface area (Å²) < 4.78 is 5.84. The number of para-hydroxylation sites is 1. The predicted molar refractivity (Wildman–Crippen MR) is 72.5 cm³/mol. The molecule has 1 aliphatic carbocycles. The molecule has 1 aromatic rings. The van der Waals surface area contributed by atoms with Crippen molar-refractivity contribution in [3.05, 3.63) is 29.8 Å². The van der Waals surface area contributed by atoms with E-state index in [1.165, 1.54) is 18.4 Å². The van der Waals surface area contributed by atoms with Gasteiger partial charge in [0.15, 0.2) is 0 Å². The first-order valence-electron chi connectivity index (χ1n) is 6.90.